The molecule has 1 aromatic rings. The van der Waals surface area contributed by atoms with E-state index in [9.17, 15) is 21.5 Å². The Labute approximate surface area is 125 Å². The molecule has 1 aliphatic rings. The molecule has 0 spiro atoms. The quantitative estimate of drug-likeness (QED) is 0.788. The Morgan fingerprint density at radius 3 is 2.71 bits per heavy atom. The molecule has 116 valence electrons. The van der Waals surface area contributed by atoms with E-state index in [1.54, 1.807) is 0 Å². The van der Waals surface area contributed by atoms with Crippen molar-refractivity contribution in [3.63, 3.8) is 0 Å². The average molecular weight is 340 g/mol. The first kappa shape index (κ1) is 16.0. The lowest BCUT2D eigenvalue weighted by atomic mass is 10.1. The van der Waals surface area contributed by atoms with E-state index in [1.807, 2.05) is 0 Å². The molecule has 9 heteroatoms. The van der Waals surface area contributed by atoms with Crippen LogP contribution in [0.1, 0.15) is 6.42 Å². The van der Waals surface area contributed by atoms with Crippen LogP contribution in [0.15, 0.2) is 12.1 Å². The first-order chi connectivity index (χ1) is 9.73. The number of nitrogens with zero attached hydrogens (tertiary/aromatic N) is 1. The zero-order chi connectivity index (χ0) is 15.8. The van der Waals surface area contributed by atoms with Crippen LogP contribution in [-0.2, 0) is 15.0 Å². The molecule has 1 heterocycles. The molecule has 1 aliphatic heterocycles. The predicted molar refractivity (Wildman–Crippen MR) is 73.3 cm³/mol. The van der Waals surface area contributed by atoms with Crippen LogP contribution in [0.25, 0.3) is 0 Å². The van der Waals surface area contributed by atoms with E-state index in [2.05, 4.69) is 0 Å². The number of hydrogen-bond acceptors (Lipinski definition) is 4. The maximum atomic E-state index is 14.2. The Morgan fingerprint density at radius 1 is 1.48 bits per heavy atom. The van der Waals surface area contributed by atoms with Crippen LogP contribution in [0.3, 0.4) is 0 Å². The molecular weight excluding hydrogens is 328 g/mol. The molecule has 1 unspecified atom stereocenters. The van der Waals surface area contributed by atoms with Gasteiger partial charge in [-0.2, -0.15) is 8.42 Å². The number of halogens is 3. The number of methoxy groups -OCH3 is 1. The van der Waals surface area contributed by atoms with E-state index in [0.717, 1.165) is 4.90 Å². The highest BCUT2D eigenvalue weighted by Gasteiger charge is 2.36. The topological polar surface area (TPSA) is 63.7 Å². The molecule has 1 aromatic carbocycles. The number of carbonyl (C=O) groups excluding carboxylic acids is 1. The second-order valence-electron chi connectivity index (χ2n) is 4.69. The molecule has 2 rings (SSSR count). The van der Waals surface area contributed by atoms with Gasteiger partial charge in [-0.15, -0.1) is 3.89 Å². The van der Waals surface area contributed by atoms with Gasteiger partial charge in [-0.1, -0.05) is 11.6 Å². The number of ether oxygens (including phenoxy) is 1. The van der Waals surface area contributed by atoms with Crippen molar-refractivity contribution in [1.29, 1.82) is 0 Å². The predicted octanol–water partition coefficient (Wildman–Crippen LogP) is 2.14. The lowest BCUT2D eigenvalue weighted by Gasteiger charge is -2.20. The summed E-state index contributed by atoms with van der Waals surface area (Å²) in [5.74, 6) is -2.95. The number of carbonyl (C=O) groups is 1. The van der Waals surface area contributed by atoms with Crippen molar-refractivity contribution < 1.29 is 26.2 Å². The summed E-state index contributed by atoms with van der Waals surface area (Å²) in [6, 6.07) is 2.68. The van der Waals surface area contributed by atoms with Gasteiger partial charge in [-0.25, -0.2) is 4.39 Å². The summed E-state index contributed by atoms with van der Waals surface area (Å²) in [5, 5.41) is -0.00888. The van der Waals surface area contributed by atoms with Gasteiger partial charge in [0.05, 0.1) is 17.9 Å². The van der Waals surface area contributed by atoms with Crippen molar-refractivity contribution in [3.05, 3.63) is 23.0 Å². The Hall–Kier alpha value is -1.41. The molecule has 0 aromatic heterocycles. The minimum absolute atomic E-state index is 0.00888. The van der Waals surface area contributed by atoms with Crippen LogP contribution < -0.4 is 9.64 Å². The van der Waals surface area contributed by atoms with Crippen molar-refractivity contribution in [2.24, 2.45) is 5.92 Å². The zero-order valence-electron chi connectivity index (χ0n) is 11.0. The van der Waals surface area contributed by atoms with Crippen LogP contribution in [0.2, 0.25) is 5.02 Å². The lowest BCUT2D eigenvalue weighted by Crippen LogP contribution is -2.26. The third kappa shape index (κ3) is 3.44. The molecule has 1 amide bonds. The van der Waals surface area contributed by atoms with E-state index in [-0.39, 0.29) is 29.4 Å². The summed E-state index contributed by atoms with van der Waals surface area (Å²) in [6.45, 7) is -0.119. The van der Waals surface area contributed by atoms with Crippen molar-refractivity contribution in [2.75, 3.05) is 24.3 Å². The fourth-order valence-electron chi connectivity index (χ4n) is 2.32. The van der Waals surface area contributed by atoms with Crippen LogP contribution in [0.4, 0.5) is 14.0 Å². The molecule has 21 heavy (non-hydrogen) atoms. The van der Waals surface area contributed by atoms with Gasteiger partial charge < -0.3 is 9.64 Å². The highest BCUT2D eigenvalue weighted by molar-refractivity contribution is 7.86. The molecule has 0 saturated carbocycles. The fourth-order valence-corrected chi connectivity index (χ4v) is 3.35. The maximum absolute atomic E-state index is 14.2. The third-order valence-corrected chi connectivity index (χ3v) is 4.34. The fraction of sp³-hybridized carbons (Fsp3) is 0.417. The molecule has 1 saturated heterocycles. The molecule has 1 fully saturated rings. The van der Waals surface area contributed by atoms with Crippen LogP contribution in [0.5, 0.6) is 5.75 Å². The van der Waals surface area contributed by atoms with Crippen molar-refractivity contribution in [2.45, 2.75) is 6.42 Å². The monoisotopic (exact) mass is 339 g/mol. The molecule has 5 nitrogen and oxygen atoms in total. The standard InChI is InChI=1S/C12H12ClF2NO4S/c1-20-9-3-2-8(13)12(11(9)14)16-5-7(4-10(16)17)6-21(15,18)19/h2-3,7H,4-6H2,1H3. The summed E-state index contributed by atoms with van der Waals surface area (Å²) in [4.78, 5) is 12.9. The molecule has 1 atom stereocenters. The summed E-state index contributed by atoms with van der Waals surface area (Å²) in [7, 11) is -3.44. The van der Waals surface area contributed by atoms with Crippen LogP contribution in [-0.4, -0.2) is 33.7 Å². The van der Waals surface area contributed by atoms with Crippen molar-refractivity contribution in [1.82, 2.24) is 0 Å². The Balaban J connectivity index is 2.33. The van der Waals surface area contributed by atoms with E-state index in [0.29, 0.717) is 0 Å². The number of anilines is 1. The number of rotatable bonds is 4. The van der Waals surface area contributed by atoms with E-state index in [1.165, 1.54) is 19.2 Å². The smallest absolute Gasteiger partial charge is 0.302 e. The second kappa shape index (κ2) is 5.76. The largest absolute Gasteiger partial charge is 0.494 e. The third-order valence-electron chi connectivity index (χ3n) is 3.16. The van der Waals surface area contributed by atoms with Gasteiger partial charge in [0.1, 0.15) is 5.69 Å². The first-order valence-corrected chi connectivity index (χ1v) is 7.90. The van der Waals surface area contributed by atoms with Crippen LogP contribution >= 0.6 is 11.6 Å². The van der Waals surface area contributed by atoms with Gasteiger partial charge in [0.2, 0.25) is 5.91 Å². The minimum Gasteiger partial charge on any atom is -0.494 e. The van der Waals surface area contributed by atoms with Crippen molar-refractivity contribution >= 4 is 33.4 Å². The number of amides is 1. The molecule has 0 bridgehead atoms. The normalized spacial score (nSPS) is 19.1. The van der Waals surface area contributed by atoms with Gasteiger partial charge >= 0.3 is 10.2 Å². The summed E-state index contributed by atoms with van der Waals surface area (Å²) in [6.07, 6.45) is -0.184. The van der Waals surface area contributed by atoms with Gasteiger partial charge in [-0.05, 0) is 12.1 Å². The number of benzene rings is 1. The molecule has 0 aliphatic carbocycles. The Morgan fingerprint density at radius 2 is 2.14 bits per heavy atom. The maximum Gasteiger partial charge on any atom is 0.302 e. The summed E-state index contributed by atoms with van der Waals surface area (Å²) in [5.41, 5.74) is -0.181. The summed E-state index contributed by atoms with van der Waals surface area (Å²) < 4.78 is 53.1. The minimum atomic E-state index is -4.70. The highest BCUT2D eigenvalue weighted by Crippen LogP contribution is 2.37. The Kier molecular flexibility index (Phi) is 4.38. The van der Waals surface area contributed by atoms with Crippen LogP contribution in [0, 0.1) is 11.7 Å². The van der Waals surface area contributed by atoms with Crippen molar-refractivity contribution in [3.8, 4) is 5.75 Å². The van der Waals surface area contributed by atoms with E-state index >= 15 is 0 Å². The number of hydrogen-bond donors (Lipinski definition) is 0. The van der Waals surface area contributed by atoms with Gasteiger partial charge in [0, 0.05) is 18.9 Å². The van der Waals surface area contributed by atoms with Gasteiger partial charge in [-0.3, -0.25) is 4.79 Å². The highest BCUT2D eigenvalue weighted by atomic mass is 35.5. The SMILES string of the molecule is COc1ccc(Cl)c(N2CC(CS(=O)(=O)F)CC2=O)c1F. The first-order valence-electron chi connectivity index (χ1n) is 5.97. The molecule has 0 N–H and O–H groups in total. The zero-order valence-corrected chi connectivity index (χ0v) is 12.5. The van der Waals surface area contributed by atoms with E-state index < -0.39 is 33.6 Å². The lowest BCUT2D eigenvalue weighted by molar-refractivity contribution is -0.117. The summed E-state index contributed by atoms with van der Waals surface area (Å²) >= 11 is 5.90. The van der Waals surface area contributed by atoms with Gasteiger partial charge in [0.25, 0.3) is 0 Å². The van der Waals surface area contributed by atoms with E-state index in [4.69, 9.17) is 16.3 Å². The Bertz CT molecular complexity index is 680. The average Bonchev–Trinajstić information content (AvgIpc) is 2.68. The molecule has 0 radical (unpaired) electrons. The second-order valence-corrected chi connectivity index (χ2v) is 6.51. The van der Waals surface area contributed by atoms with Gasteiger partial charge in [0.15, 0.2) is 11.6 Å². The molecular formula is C12H12ClF2NO4S.